The van der Waals surface area contributed by atoms with E-state index in [4.69, 9.17) is 21.1 Å². The fourth-order valence-electron chi connectivity index (χ4n) is 4.77. The van der Waals surface area contributed by atoms with Gasteiger partial charge in [0.25, 0.3) is 5.91 Å². The van der Waals surface area contributed by atoms with Crippen LogP contribution < -0.4 is 19.3 Å². The Labute approximate surface area is 256 Å². The number of carboxylic acids is 1. The second-order valence-electron chi connectivity index (χ2n) is 9.92. The first-order valence-electron chi connectivity index (χ1n) is 14.4. The smallest absolute Gasteiger partial charge is 0.415 e. The van der Waals surface area contributed by atoms with Crippen molar-refractivity contribution in [3.05, 3.63) is 70.9 Å². The number of rotatable bonds is 12. The van der Waals surface area contributed by atoms with Crippen molar-refractivity contribution in [3.8, 4) is 11.6 Å². The topological polar surface area (TPSA) is 125 Å². The zero-order valence-electron chi connectivity index (χ0n) is 24.5. The number of hydrogen-bond acceptors (Lipinski definition) is 8. The molecule has 3 aromatic rings. The second-order valence-corrected chi connectivity index (χ2v) is 10.3. The van der Waals surface area contributed by atoms with E-state index in [1.165, 1.54) is 11.1 Å². The summed E-state index contributed by atoms with van der Waals surface area (Å²) in [5.41, 5.74) is 1.15. The van der Waals surface area contributed by atoms with E-state index in [2.05, 4.69) is 9.97 Å². The monoisotopic (exact) mass is 609 g/mol. The van der Waals surface area contributed by atoms with Gasteiger partial charge in [0.1, 0.15) is 11.4 Å². The summed E-state index contributed by atoms with van der Waals surface area (Å²) in [7, 11) is 0. The molecule has 2 aromatic carbocycles. The van der Waals surface area contributed by atoms with E-state index in [1.807, 2.05) is 18.7 Å². The molecular formula is C31H36ClN5O6. The lowest BCUT2D eigenvalue weighted by Crippen LogP contribution is -2.35. The lowest BCUT2D eigenvalue weighted by molar-refractivity contribution is -0.145. The van der Waals surface area contributed by atoms with Gasteiger partial charge in [-0.2, -0.15) is 4.98 Å². The zero-order valence-corrected chi connectivity index (χ0v) is 25.3. The van der Waals surface area contributed by atoms with Gasteiger partial charge in [0.05, 0.1) is 16.8 Å². The molecule has 0 spiro atoms. The van der Waals surface area contributed by atoms with E-state index in [0.717, 1.165) is 12.8 Å². The molecule has 0 saturated carbocycles. The number of hydrogen-bond donors (Lipinski definition) is 1. The van der Waals surface area contributed by atoms with E-state index < -0.39 is 24.1 Å². The molecule has 1 aliphatic heterocycles. The van der Waals surface area contributed by atoms with Crippen molar-refractivity contribution in [2.45, 2.75) is 46.1 Å². The largest absolute Gasteiger partial charge is 0.478 e. The average molecular weight is 610 g/mol. The summed E-state index contributed by atoms with van der Waals surface area (Å²) < 4.78 is 11.5. The maximum Gasteiger partial charge on any atom is 0.415 e. The highest BCUT2D eigenvalue weighted by Gasteiger charge is 2.28. The molecule has 1 saturated heterocycles. The van der Waals surface area contributed by atoms with Crippen molar-refractivity contribution in [3.63, 3.8) is 0 Å². The van der Waals surface area contributed by atoms with Crippen LogP contribution in [0, 0.1) is 0 Å². The van der Waals surface area contributed by atoms with Crippen LogP contribution in [0.2, 0.25) is 5.02 Å². The highest BCUT2D eigenvalue weighted by atomic mass is 35.5. The number of nitrogens with zero attached hydrogens (tertiary/aromatic N) is 5. The van der Waals surface area contributed by atoms with Gasteiger partial charge in [-0.3, -0.25) is 4.79 Å². The number of amides is 2. The summed E-state index contributed by atoms with van der Waals surface area (Å²) in [6.45, 7) is 8.49. The van der Waals surface area contributed by atoms with E-state index in [1.54, 1.807) is 60.4 Å². The second kappa shape index (κ2) is 14.7. The van der Waals surface area contributed by atoms with Gasteiger partial charge in [-0.05, 0) is 63.4 Å². The summed E-state index contributed by atoms with van der Waals surface area (Å²) >= 11 is 6.32. The minimum Gasteiger partial charge on any atom is -0.478 e. The van der Waals surface area contributed by atoms with Gasteiger partial charge in [-0.1, -0.05) is 35.9 Å². The summed E-state index contributed by atoms with van der Waals surface area (Å²) in [6, 6.07) is 13.3. The number of benzene rings is 2. The van der Waals surface area contributed by atoms with E-state index in [0.29, 0.717) is 43.4 Å². The summed E-state index contributed by atoms with van der Waals surface area (Å²) in [5, 5.41) is 10.4. The van der Waals surface area contributed by atoms with Crippen LogP contribution in [0.1, 0.15) is 49.5 Å². The predicted molar refractivity (Wildman–Crippen MR) is 163 cm³/mol. The molecule has 12 heteroatoms. The van der Waals surface area contributed by atoms with Crippen LogP contribution in [-0.4, -0.2) is 76.8 Å². The van der Waals surface area contributed by atoms with Gasteiger partial charge >= 0.3 is 12.1 Å². The van der Waals surface area contributed by atoms with Crippen LogP contribution >= 0.6 is 11.6 Å². The molecule has 1 aromatic heterocycles. The Hall–Kier alpha value is -4.38. The summed E-state index contributed by atoms with van der Waals surface area (Å²) in [6.07, 6.45) is 1.63. The first kappa shape index (κ1) is 31.6. The molecule has 0 aliphatic carbocycles. The minimum absolute atomic E-state index is 0.00961. The Morgan fingerprint density at radius 3 is 2.28 bits per heavy atom. The van der Waals surface area contributed by atoms with Crippen molar-refractivity contribution < 1.29 is 29.0 Å². The maximum atomic E-state index is 13.5. The normalized spacial score (nSPS) is 13.3. The fourth-order valence-corrected chi connectivity index (χ4v) is 4.99. The number of ether oxygens (including phenoxy) is 2. The van der Waals surface area contributed by atoms with Crippen molar-refractivity contribution in [1.29, 1.82) is 0 Å². The third kappa shape index (κ3) is 7.72. The van der Waals surface area contributed by atoms with Gasteiger partial charge in [0, 0.05) is 39.1 Å². The molecule has 1 aliphatic rings. The summed E-state index contributed by atoms with van der Waals surface area (Å²) in [5.74, 6) is -0.935. The van der Waals surface area contributed by atoms with Gasteiger partial charge in [0.2, 0.25) is 17.9 Å². The van der Waals surface area contributed by atoms with Crippen LogP contribution in [0.3, 0.4) is 0 Å². The maximum absolute atomic E-state index is 13.5. The van der Waals surface area contributed by atoms with Crippen LogP contribution in [0.5, 0.6) is 11.6 Å². The Morgan fingerprint density at radius 1 is 1.00 bits per heavy atom. The molecule has 1 fully saturated rings. The van der Waals surface area contributed by atoms with E-state index >= 15 is 0 Å². The van der Waals surface area contributed by atoms with E-state index in [-0.39, 0.29) is 35.1 Å². The molecule has 2 heterocycles. The van der Waals surface area contributed by atoms with Crippen molar-refractivity contribution >= 4 is 41.2 Å². The first-order valence-corrected chi connectivity index (χ1v) is 14.8. The molecule has 0 radical (unpaired) electrons. The van der Waals surface area contributed by atoms with Gasteiger partial charge < -0.3 is 29.3 Å². The number of likely N-dealkylation sites (tertiary alicyclic amines) is 1. The highest BCUT2D eigenvalue weighted by Crippen LogP contribution is 2.31. The van der Waals surface area contributed by atoms with Crippen molar-refractivity contribution in [1.82, 2.24) is 14.9 Å². The van der Waals surface area contributed by atoms with Gasteiger partial charge in [0.15, 0.2) is 0 Å². The Kier molecular flexibility index (Phi) is 10.8. The van der Waals surface area contributed by atoms with Gasteiger partial charge in [-0.15, -0.1) is 0 Å². The van der Waals surface area contributed by atoms with Crippen LogP contribution in [0.4, 0.5) is 16.4 Å². The van der Waals surface area contributed by atoms with Crippen LogP contribution in [-0.2, 0) is 11.2 Å². The van der Waals surface area contributed by atoms with Crippen LogP contribution in [0.25, 0.3) is 0 Å². The SMILES string of the molecule is CCN(CC)c1ncc(N(CC)C(=O)c2ccccc2Cl)c(O[C@@H](Cc2ccc(OC(=O)N3CCCC3)cc2)C(=O)O)n1. The molecule has 11 nitrogen and oxygen atoms in total. The number of aliphatic carboxylic acids is 1. The number of carboxylic acid groups (broad SMARTS) is 1. The zero-order chi connectivity index (χ0) is 30.9. The molecule has 4 rings (SSSR count). The number of carbonyl (C=O) groups is 3. The highest BCUT2D eigenvalue weighted by molar-refractivity contribution is 6.34. The lowest BCUT2D eigenvalue weighted by Gasteiger charge is -2.26. The molecule has 2 amide bonds. The molecule has 0 bridgehead atoms. The summed E-state index contributed by atoms with van der Waals surface area (Å²) in [4.78, 5) is 52.2. The first-order chi connectivity index (χ1) is 20.7. The standard InChI is InChI=1S/C31H36ClN5O6/c1-4-35(5-2)30-33-20-25(37(6-3)28(38)23-11-7-8-12-24(23)32)27(34-30)43-26(29(39)40)19-21-13-15-22(16-14-21)42-31(41)36-17-9-10-18-36/h7-8,11-16,20,26H,4-6,9-10,17-19H2,1-3H3,(H,39,40)/t26-/m0/s1. The third-order valence-electron chi connectivity index (χ3n) is 7.17. The molecule has 1 N–H and O–H groups in total. The number of anilines is 2. The fraction of sp³-hybridized carbons (Fsp3) is 0.387. The van der Waals surface area contributed by atoms with Gasteiger partial charge in [-0.25, -0.2) is 14.6 Å². The molecule has 43 heavy (non-hydrogen) atoms. The predicted octanol–water partition coefficient (Wildman–Crippen LogP) is 5.31. The lowest BCUT2D eigenvalue weighted by atomic mass is 10.1. The molecule has 0 unspecified atom stereocenters. The molecule has 1 atom stereocenters. The molecular weight excluding hydrogens is 574 g/mol. The Bertz CT molecular complexity index is 1430. The van der Waals surface area contributed by atoms with E-state index in [9.17, 15) is 19.5 Å². The minimum atomic E-state index is -1.34. The number of carbonyl (C=O) groups excluding carboxylic acids is 2. The Morgan fingerprint density at radius 2 is 1.67 bits per heavy atom. The van der Waals surface area contributed by atoms with Crippen molar-refractivity contribution in [2.75, 3.05) is 42.5 Å². The quantitative estimate of drug-likeness (QED) is 0.291. The van der Waals surface area contributed by atoms with Crippen LogP contribution in [0.15, 0.2) is 54.7 Å². The Balaban J connectivity index is 1.60. The third-order valence-corrected chi connectivity index (χ3v) is 7.50. The van der Waals surface area contributed by atoms with Crippen molar-refractivity contribution in [2.24, 2.45) is 0 Å². The number of aromatic nitrogens is 2. The number of halogens is 1. The molecule has 228 valence electrons. The average Bonchev–Trinajstić information content (AvgIpc) is 3.55.